The molecule has 1 aliphatic carbocycles. The van der Waals surface area contributed by atoms with E-state index in [9.17, 15) is 0 Å². The average Bonchev–Trinajstić information content (AvgIpc) is 2.43. The SMILES string of the molecule is Cc1ccsc1CNC1CC(N)C1. The molecule has 3 N–H and O–H groups in total. The molecule has 0 unspecified atom stereocenters. The van der Waals surface area contributed by atoms with Crippen molar-refractivity contribution in [3.8, 4) is 0 Å². The maximum absolute atomic E-state index is 5.71. The van der Waals surface area contributed by atoms with Crippen LogP contribution in [0.5, 0.6) is 0 Å². The smallest absolute Gasteiger partial charge is 0.0304 e. The number of hydrogen-bond acceptors (Lipinski definition) is 3. The molecule has 0 aliphatic heterocycles. The number of aryl methyl sites for hydroxylation is 1. The maximum Gasteiger partial charge on any atom is 0.0304 e. The predicted octanol–water partition coefficient (Wildman–Crippen LogP) is 1.64. The summed E-state index contributed by atoms with van der Waals surface area (Å²) in [7, 11) is 0. The zero-order valence-electron chi connectivity index (χ0n) is 7.92. The van der Waals surface area contributed by atoms with Gasteiger partial charge in [-0.25, -0.2) is 0 Å². The van der Waals surface area contributed by atoms with Gasteiger partial charge in [0.25, 0.3) is 0 Å². The highest BCUT2D eigenvalue weighted by molar-refractivity contribution is 7.10. The lowest BCUT2D eigenvalue weighted by Crippen LogP contribution is -2.48. The number of nitrogens with one attached hydrogen (secondary N) is 1. The lowest BCUT2D eigenvalue weighted by molar-refractivity contribution is 0.291. The number of rotatable bonds is 3. The van der Waals surface area contributed by atoms with Crippen LogP contribution in [0.1, 0.15) is 23.3 Å². The lowest BCUT2D eigenvalue weighted by atomic mass is 9.88. The summed E-state index contributed by atoms with van der Waals surface area (Å²) in [5.74, 6) is 0. The van der Waals surface area contributed by atoms with Gasteiger partial charge in [-0.15, -0.1) is 11.3 Å². The number of thiophene rings is 1. The normalized spacial score (nSPS) is 27.2. The van der Waals surface area contributed by atoms with Gasteiger partial charge in [-0.2, -0.15) is 0 Å². The van der Waals surface area contributed by atoms with E-state index < -0.39 is 0 Å². The molecule has 0 amide bonds. The Labute approximate surface area is 83.1 Å². The van der Waals surface area contributed by atoms with Gasteiger partial charge in [-0.3, -0.25) is 0 Å². The van der Waals surface area contributed by atoms with Crippen LogP contribution in [0.2, 0.25) is 0 Å². The Morgan fingerprint density at radius 2 is 2.38 bits per heavy atom. The summed E-state index contributed by atoms with van der Waals surface area (Å²) in [5.41, 5.74) is 7.11. The number of hydrogen-bond donors (Lipinski definition) is 2. The Kier molecular flexibility index (Phi) is 2.67. The zero-order chi connectivity index (χ0) is 9.26. The molecule has 2 rings (SSSR count). The van der Waals surface area contributed by atoms with E-state index in [1.165, 1.54) is 10.4 Å². The lowest BCUT2D eigenvalue weighted by Gasteiger charge is -2.33. The molecule has 0 aromatic carbocycles. The van der Waals surface area contributed by atoms with Gasteiger partial charge in [0.15, 0.2) is 0 Å². The van der Waals surface area contributed by atoms with E-state index in [4.69, 9.17) is 5.73 Å². The van der Waals surface area contributed by atoms with Crippen LogP contribution in [0.3, 0.4) is 0 Å². The highest BCUT2D eigenvalue weighted by atomic mass is 32.1. The fourth-order valence-electron chi connectivity index (χ4n) is 1.65. The van der Waals surface area contributed by atoms with Crippen molar-refractivity contribution in [2.45, 2.75) is 38.4 Å². The average molecular weight is 196 g/mol. The molecule has 1 aliphatic rings. The highest BCUT2D eigenvalue weighted by Crippen LogP contribution is 2.20. The van der Waals surface area contributed by atoms with E-state index in [1.54, 1.807) is 0 Å². The Morgan fingerprint density at radius 3 is 2.92 bits per heavy atom. The molecule has 0 spiro atoms. The molecule has 1 heterocycles. The molecule has 0 bridgehead atoms. The molecular weight excluding hydrogens is 180 g/mol. The quantitative estimate of drug-likeness (QED) is 0.771. The Balaban J connectivity index is 1.77. The van der Waals surface area contributed by atoms with Crippen molar-refractivity contribution in [3.63, 3.8) is 0 Å². The van der Waals surface area contributed by atoms with E-state index in [1.807, 2.05) is 11.3 Å². The van der Waals surface area contributed by atoms with Crippen LogP contribution in [0.25, 0.3) is 0 Å². The van der Waals surface area contributed by atoms with Crippen molar-refractivity contribution in [1.29, 1.82) is 0 Å². The van der Waals surface area contributed by atoms with Crippen molar-refractivity contribution in [2.75, 3.05) is 0 Å². The van der Waals surface area contributed by atoms with Crippen LogP contribution in [0, 0.1) is 6.92 Å². The van der Waals surface area contributed by atoms with Gasteiger partial charge in [-0.05, 0) is 36.8 Å². The monoisotopic (exact) mass is 196 g/mol. The molecular formula is C10H16N2S. The van der Waals surface area contributed by atoms with E-state index in [2.05, 4.69) is 23.7 Å². The molecule has 1 aromatic rings. The highest BCUT2D eigenvalue weighted by Gasteiger charge is 2.24. The summed E-state index contributed by atoms with van der Waals surface area (Å²) in [4.78, 5) is 1.46. The minimum atomic E-state index is 0.446. The fourth-order valence-corrected chi connectivity index (χ4v) is 2.51. The van der Waals surface area contributed by atoms with Gasteiger partial charge in [-0.1, -0.05) is 0 Å². The Bertz CT molecular complexity index is 276. The minimum Gasteiger partial charge on any atom is -0.328 e. The summed E-state index contributed by atoms with van der Waals surface area (Å²) < 4.78 is 0. The third-order valence-electron chi connectivity index (χ3n) is 2.69. The first-order chi connectivity index (χ1) is 6.25. The minimum absolute atomic E-state index is 0.446. The molecule has 1 aromatic heterocycles. The van der Waals surface area contributed by atoms with Crippen LogP contribution >= 0.6 is 11.3 Å². The van der Waals surface area contributed by atoms with Gasteiger partial charge in [0.1, 0.15) is 0 Å². The molecule has 1 saturated carbocycles. The first-order valence-electron chi connectivity index (χ1n) is 4.77. The van der Waals surface area contributed by atoms with Crippen LogP contribution in [0.15, 0.2) is 11.4 Å². The van der Waals surface area contributed by atoms with Crippen molar-refractivity contribution in [1.82, 2.24) is 5.32 Å². The molecule has 1 fully saturated rings. The van der Waals surface area contributed by atoms with Gasteiger partial charge in [0.2, 0.25) is 0 Å². The third kappa shape index (κ3) is 2.10. The van der Waals surface area contributed by atoms with Gasteiger partial charge in [0.05, 0.1) is 0 Å². The largest absolute Gasteiger partial charge is 0.328 e. The third-order valence-corrected chi connectivity index (χ3v) is 3.72. The van der Waals surface area contributed by atoms with Crippen molar-refractivity contribution < 1.29 is 0 Å². The molecule has 0 radical (unpaired) electrons. The molecule has 0 saturated heterocycles. The van der Waals surface area contributed by atoms with Crippen LogP contribution < -0.4 is 11.1 Å². The summed E-state index contributed by atoms with van der Waals surface area (Å²) in [5, 5.41) is 5.67. The Morgan fingerprint density at radius 1 is 1.62 bits per heavy atom. The van der Waals surface area contributed by atoms with Crippen LogP contribution in [0.4, 0.5) is 0 Å². The van der Waals surface area contributed by atoms with Gasteiger partial charge < -0.3 is 11.1 Å². The maximum atomic E-state index is 5.71. The molecule has 2 nitrogen and oxygen atoms in total. The zero-order valence-corrected chi connectivity index (χ0v) is 8.73. The van der Waals surface area contributed by atoms with E-state index in [0.29, 0.717) is 12.1 Å². The topological polar surface area (TPSA) is 38.0 Å². The summed E-state index contributed by atoms with van der Waals surface area (Å²) >= 11 is 1.83. The first kappa shape index (κ1) is 9.19. The van der Waals surface area contributed by atoms with Gasteiger partial charge >= 0.3 is 0 Å². The molecule has 13 heavy (non-hydrogen) atoms. The Hall–Kier alpha value is -0.380. The van der Waals surface area contributed by atoms with Crippen LogP contribution in [-0.2, 0) is 6.54 Å². The summed E-state index contributed by atoms with van der Waals surface area (Å²) in [6, 6.07) is 3.28. The van der Waals surface area contributed by atoms with E-state index >= 15 is 0 Å². The van der Waals surface area contributed by atoms with E-state index in [-0.39, 0.29) is 0 Å². The van der Waals surface area contributed by atoms with Crippen molar-refractivity contribution in [2.24, 2.45) is 5.73 Å². The summed E-state index contributed by atoms with van der Waals surface area (Å²) in [6.45, 7) is 3.18. The van der Waals surface area contributed by atoms with E-state index in [0.717, 1.165) is 19.4 Å². The second-order valence-electron chi connectivity index (χ2n) is 3.84. The van der Waals surface area contributed by atoms with Gasteiger partial charge in [0, 0.05) is 23.5 Å². The standard InChI is InChI=1S/C10H16N2S/c1-7-2-3-13-10(7)6-12-9-4-8(11)5-9/h2-3,8-9,12H,4-6,11H2,1H3. The molecule has 72 valence electrons. The van der Waals surface area contributed by atoms with Crippen LogP contribution in [-0.4, -0.2) is 12.1 Å². The second kappa shape index (κ2) is 3.78. The second-order valence-corrected chi connectivity index (χ2v) is 4.84. The van der Waals surface area contributed by atoms with Crippen molar-refractivity contribution in [3.05, 3.63) is 21.9 Å². The fraction of sp³-hybridized carbons (Fsp3) is 0.600. The summed E-state index contributed by atoms with van der Waals surface area (Å²) in [6.07, 6.45) is 2.29. The first-order valence-corrected chi connectivity index (χ1v) is 5.65. The predicted molar refractivity (Wildman–Crippen MR) is 56.9 cm³/mol. The van der Waals surface area contributed by atoms with Crippen molar-refractivity contribution >= 4 is 11.3 Å². The molecule has 0 atom stereocenters. The number of nitrogens with two attached hydrogens (primary N) is 1. The molecule has 3 heteroatoms.